The number of amides is 1. The van der Waals surface area contributed by atoms with Crippen molar-refractivity contribution in [1.29, 1.82) is 5.26 Å². The molecule has 3 rings (SSSR count). The number of carbonyl (C=O) groups excluding carboxylic acids is 1. The number of hydrogen-bond donors (Lipinski definition) is 1. The quantitative estimate of drug-likeness (QED) is 0.669. The number of likely N-dealkylation sites (N-methyl/N-ethyl adjacent to an activating group) is 1. The van der Waals surface area contributed by atoms with Gasteiger partial charge in [-0.2, -0.15) is 5.26 Å². The van der Waals surface area contributed by atoms with Crippen LogP contribution in [0.1, 0.15) is 31.2 Å². The Labute approximate surface area is 185 Å². The summed E-state index contributed by atoms with van der Waals surface area (Å²) < 4.78 is 0. The van der Waals surface area contributed by atoms with Crippen molar-refractivity contribution in [3.8, 4) is 6.07 Å². The molecule has 0 radical (unpaired) electrons. The third kappa shape index (κ3) is 7.79. The molecular formula is C24H31ClN4O. The number of carbonyl (C=O) groups is 1. The fourth-order valence-electron chi connectivity index (χ4n) is 3.65. The normalized spacial score (nSPS) is 18.1. The number of halogens is 1. The molecule has 1 aliphatic carbocycles. The van der Waals surface area contributed by atoms with E-state index in [4.69, 9.17) is 22.6 Å². The van der Waals surface area contributed by atoms with Gasteiger partial charge in [-0.05, 0) is 81.6 Å². The number of rotatable bonds is 7. The van der Waals surface area contributed by atoms with Gasteiger partial charge in [0.05, 0.1) is 11.6 Å². The van der Waals surface area contributed by atoms with Gasteiger partial charge in [0.25, 0.3) is 0 Å². The first-order valence-corrected chi connectivity index (χ1v) is 10.8. The van der Waals surface area contributed by atoms with Crippen LogP contribution in [0.5, 0.6) is 0 Å². The second-order valence-electron chi connectivity index (χ2n) is 7.64. The average Bonchev–Trinajstić information content (AvgIpc) is 2.80. The molecule has 0 spiro atoms. The first-order chi connectivity index (χ1) is 14.6. The Morgan fingerprint density at radius 3 is 2.17 bits per heavy atom. The number of hydrogen-bond acceptors (Lipinski definition) is 4. The SMILES string of the molecule is CN(CCN(C=O)c1ccc(C#N)cc1)C1CCC(CN)CC1.Clc1ccccc1. The van der Waals surface area contributed by atoms with E-state index >= 15 is 0 Å². The minimum Gasteiger partial charge on any atom is -0.330 e. The summed E-state index contributed by atoms with van der Waals surface area (Å²) in [4.78, 5) is 15.4. The van der Waals surface area contributed by atoms with E-state index in [9.17, 15) is 4.79 Å². The highest BCUT2D eigenvalue weighted by molar-refractivity contribution is 6.30. The topological polar surface area (TPSA) is 73.4 Å². The molecule has 30 heavy (non-hydrogen) atoms. The van der Waals surface area contributed by atoms with Crippen molar-refractivity contribution in [3.05, 3.63) is 65.2 Å². The minimum atomic E-state index is 0.590. The number of nitrogens with two attached hydrogens (primary N) is 1. The summed E-state index contributed by atoms with van der Waals surface area (Å²) in [5, 5.41) is 9.63. The molecule has 1 aliphatic rings. The maximum atomic E-state index is 11.4. The number of anilines is 1. The van der Waals surface area contributed by atoms with Crippen molar-refractivity contribution in [2.75, 3.05) is 31.6 Å². The van der Waals surface area contributed by atoms with E-state index in [2.05, 4.69) is 18.0 Å². The zero-order valence-corrected chi connectivity index (χ0v) is 18.3. The zero-order valence-electron chi connectivity index (χ0n) is 17.6. The summed E-state index contributed by atoms with van der Waals surface area (Å²) in [5.41, 5.74) is 7.18. The van der Waals surface area contributed by atoms with Crippen LogP contribution < -0.4 is 10.6 Å². The largest absolute Gasteiger partial charge is 0.330 e. The fraction of sp³-hybridized carbons (Fsp3) is 0.417. The molecule has 1 amide bonds. The van der Waals surface area contributed by atoms with Gasteiger partial charge in [0.2, 0.25) is 6.41 Å². The van der Waals surface area contributed by atoms with E-state index in [-0.39, 0.29) is 0 Å². The molecule has 2 aromatic carbocycles. The molecule has 0 saturated heterocycles. The van der Waals surface area contributed by atoms with E-state index < -0.39 is 0 Å². The minimum absolute atomic E-state index is 0.590. The third-order valence-corrected chi connectivity index (χ3v) is 5.91. The zero-order chi connectivity index (χ0) is 21.8. The Morgan fingerprint density at radius 2 is 1.70 bits per heavy atom. The van der Waals surface area contributed by atoms with Crippen LogP contribution in [0.15, 0.2) is 54.6 Å². The number of benzene rings is 2. The Hall–Kier alpha value is -2.39. The Morgan fingerprint density at radius 1 is 1.07 bits per heavy atom. The van der Waals surface area contributed by atoms with Gasteiger partial charge in [-0.25, -0.2) is 0 Å². The highest BCUT2D eigenvalue weighted by atomic mass is 35.5. The molecule has 0 unspecified atom stereocenters. The van der Waals surface area contributed by atoms with Crippen LogP contribution in [0.2, 0.25) is 5.02 Å². The molecule has 1 saturated carbocycles. The highest BCUT2D eigenvalue weighted by Gasteiger charge is 2.23. The maximum absolute atomic E-state index is 11.4. The predicted molar refractivity (Wildman–Crippen MR) is 123 cm³/mol. The van der Waals surface area contributed by atoms with Crippen LogP contribution in [0, 0.1) is 17.2 Å². The lowest BCUT2D eigenvalue weighted by Crippen LogP contribution is -2.40. The summed E-state index contributed by atoms with van der Waals surface area (Å²) in [6.07, 6.45) is 5.66. The van der Waals surface area contributed by atoms with E-state index in [1.165, 1.54) is 25.7 Å². The molecule has 0 heterocycles. The Bertz CT molecular complexity index is 783. The lowest BCUT2D eigenvalue weighted by Gasteiger charge is -2.35. The van der Waals surface area contributed by atoms with Crippen molar-refractivity contribution in [1.82, 2.24) is 4.90 Å². The van der Waals surface area contributed by atoms with Gasteiger partial charge in [0.15, 0.2) is 0 Å². The molecule has 5 nitrogen and oxygen atoms in total. The summed E-state index contributed by atoms with van der Waals surface area (Å²) in [6, 6.07) is 19.2. The van der Waals surface area contributed by atoms with Gasteiger partial charge in [-0.3, -0.25) is 4.79 Å². The molecule has 0 aromatic heterocycles. The van der Waals surface area contributed by atoms with Crippen LogP contribution in [0.3, 0.4) is 0 Å². The van der Waals surface area contributed by atoms with Gasteiger partial charge in [-0.1, -0.05) is 29.8 Å². The molecule has 160 valence electrons. The Kier molecular flexibility index (Phi) is 10.4. The van der Waals surface area contributed by atoms with E-state index in [0.717, 1.165) is 30.2 Å². The summed E-state index contributed by atoms with van der Waals surface area (Å²) in [6.45, 7) is 2.30. The first kappa shape index (κ1) is 23.9. The molecule has 0 bridgehead atoms. The van der Waals surface area contributed by atoms with Crippen LogP contribution in [0.25, 0.3) is 0 Å². The van der Waals surface area contributed by atoms with Crippen molar-refractivity contribution < 1.29 is 4.79 Å². The molecule has 0 atom stereocenters. The summed E-state index contributed by atoms with van der Waals surface area (Å²) in [7, 11) is 2.13. The van der Waals surface area contributed by atoms with Crippen LogP contribution >= 0.6 is 11.6 Å². The second kappa shape index (κ2) is 13.0. The number of nitrogens with zero attached hydrogens (tertiary/aromatic N) is 3. The standard InChI is InChI=1S/C18H26N4O.C6H5Cl/c1-21(17-6-2-15(12-19)3-7-17)10-11-22(14-23)18-8-4-16(13-20)5-9-18;7-6-4-2-1-3-5-6/h4-5,8-9,14-15,17H,2-3,6-7,10-12,19H2,1H3;1-5H. The average molecular weight is 427 g/mol. The van der Waals surface area contributed by atoms with Crippen molar-refractivity contribution >= 4 is 23.7 Å². The first-order valence-electron chi connectivity index (χ1n) is 10.4. The van der Waals surface area contributed by atoms with Crippen molar-refractivity contribution in [2.24, 2.45) is 11.7 Å². The van der Waals surface area contributed by atoms with Crippen molar-refractivity contribution in [2.45, 2.75) is 31.7 Å². The third-order valence-electron chi connectivity index (χ3n) is 5.65. The van der Waals surface area contributed by atoms with Gasteiger partial charge < -0.3 is 15.5 Å². The fourth-order valence-corrected chi connectivity index (χ4v) is 3.80. The Balaban J connectivity index is 0.000000386. The molecule has 6 heteroatoms. The van der Waals surface area contributed by atoms with E-state index in [1.807, 2.05) is 42.5 Å². The van der Waals surface area contributed by atoms with Crippen molar-refractivity contribution in [3.63, 3.8) is 0 Å². The second-order valence-corrected chi connectivity index (χ2v) is 8.08. The monoisotopic (exact) mass is 426 g/mol. The van der Waals surface area contributed by atoms with Crippen LogP contribution in [-0.2, 0) is 4.79 Å². The van der Waals surface area contributed by atoms with Gasteiger partial charge in [0, 0.05) is 29.8 Å². The van der Waals surface area contributed by atoms with E-state index in [1.54, 1.807) is 17.0 Å². The highest BCUT2D eigenvalue weighted by Crippen LogP contribution is 2.26. The maximum Gasteiger partial charge on any atom is 0.214 e. The molecular weight excluding hydrogens is 396 g/mol. The number of nitriles is 1. The molecule has 2 aromatic rings. The van der Waals surface area contributed by atoms with Gasteiger partial charge >= 0.3 is 0 Å². The molecule has 2 N–H and O–H groups in total. The van der Waals surface area contributed by atoms with Crippen LogP contribution in [-0.4, -0.2) is 44.0 Å². The summed E-state index contributed by atoms with van der Waals surface area (Å²) in [5.74, 6) is 0.685. The lowest BCUT2D eigenvalue weighted by molar-refractivity contribution is -0.107. The smallest absolute Gasteiger partial charge is 0.214 e. The lowest BCUT2D eigenvalue weighted by atomic mass is 9.85. The van der Waals surface area contributed by atoms with Crippen LogP contribution in [0.4, 0.5) is 5.69 Å². The van der Waals surface area contributed by atoms with E-state index in [0.29, 0.717) is 24.1 Å². The van der Waals surface area contributed by atoms with Gasteiger partial charge in [0.1, 0.15) is 0 Å². The summed E-state index contributed by atoms with van der Waals surface area (Å²) >= 11 is 5.54. The van der Waals surface area contributed by atoms with Gasteiger partial charge in [-0.15, -0.1) is 0 Å². The molecule has 0 aliphatic heterocycles. The predicted octanol–water partition coefficient (Wildman–Crippen LogP) is 4.31. The molecule has 1 fully saturated rings.